The van der Waals surface area contributed by atoms with E-state index in [0.29, 0.717) is 12.0 Å². The lowest BCUT2D eigenvalue weighted by atomic mass is 10.1. The second kappa shape index (κ2) is 5.47. The maximum Gasteiger partial charge on any atom is 0.419 e. The highest BCUT2D eigenvalue weighted by Gasteiger charge is 2.08. The summed E-state index contributed by atoms with van der Waals surface area (Å²) >= 11 is 0. The molecule has 0 saturated carbocycles. The highest BCUT2D eigenvalue weighted by Crippen LogP contribution is 2.23. The summed E-state index contributed by atoms with van der Waals surface area (Å²) in [6, 6.07) is 10.7. The number of fused-ring (bicyclic) bond motifs is 1. The Kier molecular flexibility index (Phi) is 3.49. The zero-order valence-corrected chi connectivity index (χ0v) is 12.0. The van der Waals surface area contributed by atoms with Crippen molar-refractivity contribution in [2.24, 2.45) is 12.8 Å². The Labute approximate surface area is 126 Å². The third-order valence-electron chi connectivity index (χ3n) is 3.54. The normalized spacial score (nSPS) is 12.2. The minimum atomic E-state index is -0.546. The largest absolute Gasteiger partial charge is 0.419 e. The smallest absolute Gasteiger partial charge is 0.408 e. The quantitative estimate of drug-likeness (QED) is 0.791. The third-order valence-corrected chi connectivity index (χ3v) is 3.54. The van der Waals surface area contributed by atoms with Crippen LogP contribution in [0.2, 0.25) is 0 Å². The van der Waals surface area contributed by atoms with Gasteiger partial charge in [0.1, 0.15) is 0 Å². The van der Waals surface area contributed by atoms with Crippen molar-refractivity contribution in [2.75, 3.05) is 0 Å². The number of nitrogens with zero attached hydrogens (tertiary/aromatic N) is 3. The maximum atomic E-state index is 11.5. The van der Waals surface area contributed by atoms with Crippen LogP contribution in [-0.2, 0) is 13.5 Å². The van der Waals surface area contributed by atoms with Gasteiger partial charge >= 0.3 is 5.76 Å². The fourth-order valence-corrected chi connectivity index (χ4v) is 2.29. The number of pyridine rings is 1. The molecular weight excluding hydrogens is 280 g/mol. The van der Waals surface area contributed by atoms with Gasteiger partial charge < -0.3 is 10.2 Å². The summed E-state index contributed by atoms with van der Waals surface area (Å²) in [6.07, 6.45) is 2.16. The lowest BCUT2D eigenvalue weighted by Crippen LogP contribution is -2.20. The molecule has 2 heterocycles. The van der Waals surface area contributed by atoms with Crippen LogP contribution >= 0.6 is 0 Å². The third kappa shape index (κ3) is 2.50. The summed E-state index contributed by atoms with van der Waals surface area (Å²) in [5.41, 5.74) is 9.51. The Balaban J connectivity index is 1.95. The van der Waals surface area contributed by atoms with Crippen molar-refractivity contribution in [3.05, 3.63) is 52.8 Å². The van der Waals surface area contributed by atoms with Crippen molar-refractivity contribution < 1.29 is 4.42 Å². The SMILES string of the molecule is Cn1c(=O)oc2ccc(-c3ccc(CC(N)C#N)nc3)cc21. The molecule has 0 saturated heterocycles. The van der Waals surface area contributed by atoms with Crippen LogP contribution in [0.3, 0.4) is 0 Å². The van der Waals surface area contributed by atoms with Gasteiger partial charge in [-0.3, -0.25) is 9.55 Å². The number of hydrogen-bond donors (Lipinski definition) is 1. The topological polar surface area (TPSA) is 97.8 Å². The lowest BCUT2D eigenvalue weighted by Gasteiger charge is -2.05. The molecule has 110 valence electrons. The molecule has 0 bridgehead atoms. The summed E-state index contributed by atoms with van der Waals surface area (Å²) in [4.78, 5) is 15.8. The summed E-state index contributed by atoms with van der Waals surface area (Å²) in [6.45, 7) is 0. The Morgan fingerprint density at radius 1 is 1.36 bits per heavy atom. The van der Waals surface area contributed by atoms with Gasteiger partial charge in [-0.2, -0.15) is 5.26 Å². The van der Waals surface area contributed by atoms with Gasteiger partial charge in [0.15, 0.2) is 5.58 Å². The molecule has 0 spiro atoms. The lowest BCUT2D eigenvalue weighted by molar-refractivity contribution is 0.528. The van der Waals surface area contributed by atoms with Gasteiger partial charge in [-0.05, 0) is 23.8 Å². The monoisotopic (exact) mass is 294 g/mol. The summed E-state index contributed by atoms with van der Waals surface area (Å²) < 4.78 is 6.58. The van der Waals surface area contributed by atoms with Gasteiger partial charge in [-0.1, -0.05) is 12.1 Å². The molecule has 2 N–H and O–H groups in total. The first-order valence-corrected chi connectivity index (χ1v) is 6.78. The molecule has 6 heteroatoms. The van der Waals surface area contributed by atoms with Crippen LogP contribution in [0.15, 0.2) is 45.7 Å². The Morgan fingerprint density at radius 2 is 2.14 bits per heavy atom. The van der Waals surface area contributed by atoms with Gasteiger partial charge in [0.25, 0.3) is 0 Å². The van der Waals surface area contributed by atoms with E-state index in [-0.39, 0.29) is 5.76 Å². The molecule has 3 rings (SSSR count). The van der Waals surface area contributed by atoms with Crippen LogP contribution in [0.5, 0.6) is 0 Å². The number of nitriles is 1. The molecule has 2 aromatic heterocycles. The number of hydrogen-bond acceptors (Lipinski definition) is 5. The number of rotatable bonds is 3. The van der Waals surface area contributed by atoms with Crippen LogP contribution in [0.1, 0.15) is 5.69 Å². The molecule has 0 radical (unpaired) electrons. The van der Waals surface area contributed by atoms with Gasteiger partial charge in [0, 0.05) is 30.9 Å². The zero-order valence-electron chi connectivity index (χ0n) is 12.0. The van der Waals surface area contributed by atoms with Crippen molar-refractivity contribution >= 4 is 11.1 Å². The molecule has 0 aliphatic carbocycles. The van der Waals surface area contributed by atoms with Crippen LogP contribution in [0.4, 0.5) is 0 Å². The number of aryl methyl sites for hydroxylation is 1. The zero-order chi connectivity index (χ0) is 15.7. The molecule has 1 atom stereocenters. The molecule has 1 unspecified atom stereocenters. The fraction of sp³-hybridized carbons (Fsp3) is 0.188. The summed E-state index contributed by atoms with van der Waals surface area (Å²) in [7, 11) is 1.67. The molecule has 6 nitrogen and oxygen atoms in total. The summed E-state index contributed by atoms with van der Waals surface area (Å²) in [5.74, 6) is -0.383. The predicted octanol–water partition coefficient (Wildman–Crippen LogP) is 1.59. The number of nitrogens with two attached hydrogens (primary N) is 1. The van der Waals surface area contributed by atoms with Gasteiger partial charge in [0.2, 0.25) is 0 Å². The molecule has 0 amide bonds. The van der Waals surface area contributed by atoms with E-state index in [1.54, 1.807) is 19.3 Å². The first kappa shape index (κ1) is 14.0. The number of aromatic nitrogens is 2. The van der Waals surface area contributed by atoms with E-state index < -0.39 is 6.04 Å². The van der Waals surface area contributed by atoms with Gasteiger partial charge in [0.05, 0.1) is 17.6 Å². The van der Waals surface area contributed by atoms with Crippen molar-refractivity contribution in [3.63, 3.8) is 0 Å². The minimum Gasteiger partial charge on any atom is -0.408 e. The molecule has 3 aromatic rings. The van der Waals surface area contributed by atoms with E-state index >= 15 is 0 Å². The average Bonchev–Trinajstić information content (AvgIpc) is 2.82. The molecular formula is C16H14N4O2. The maximum absolute atomic E-state index is 11.5. The van der Waals surface area contributed by atoms with E-state index in [9.17, 15) is 4.79 Å². The van der Waals surface area contributed by atoms with E-state index in [4.69, 9.17) is 15.4 Å². The fourth-order valence-electron chi connectivity index (χ4n) is 2.29. The molecule has 0 aliphatic heterocycles. The Bertz CT molecular complexity index is 916. The molecule has 0 fully saturated rings. The van der Waals surface area contributed by atoms with E-state index in [1.165, 1.54) is 4.57 Å². The number of benzene rings is 1. The van der Waals surface area contributed by atoms with Crippen LogP contribution in [-0.4, -0.2) is 15.6 Å². The van der Waals surface area contributed by atoms with Crippen molar-refractivity contribution in [1.29, 1.82) is 5.26 Å². The van der Waals surface area contributed by atoms with Gasteiger partial charge in [-0.25, -0.2) is 4.79 Å². The highest BCUT2D eigenvalue weighted by molar-refractivity contribution is 5.80. The van der Waals surface area contributed by atoms with Crippen LogP contribution < -0.4 is 11.5 Å². The molecule has 1 aromatic carbocycles. The van der Waals surface area contributed by atoms with E-state index in [0.717, 1.165) is 22.3 Å². The van der Waals surface area contributed by atoms with Gasteiger partial charge in [-0.15, -0.1) is 0 Å². The number of oxazole rings is 1. The standard InChI is InChI=1S/C16H14N4O2/c1-20-14-6-10(3-5-15(14)22-16(20)21)11-2-4-13(19-9-11)7-12(18)8-17/h2-6,9,12H,7,18H2,1H3. The van der Waals surface area contributed by atoms with Crippen LogP contribution in [0.25, 0.3) is 22.2 Å². The first-order valence-electron chi connectivity index (χ1n) is 6.78. The Morgan fingerprint density at radius 3 is 2.82 bits per heavy atom. The van der Waals surface area contributed by atoms with E-state index in [1.807, 2.05) is 30.3 Å². The Hall–Kier alpha value is -2.91. The van der Waals surface area contributed by atoms with Crippen molar-refractivity contribution in [2.45, 2.75) is 12.5 Å². The predicted molar refractivity (Wildman–Crippen MR) is 82.0 cm³/mol. The van der Waals surface area contributed by atoms with Crippen LogP contribution in [0, 0.1) is 11.3 Å². The highest BCUT2D eigenvalue weighted by atomic mass is 16.4. The first-order chi connectivity index (χ1) is 10.6. The molecule has 0 aliphatic rings. The second-order valence-electron chi connectivity index (χ2n) is 5.09. The van der Waals surface area contributed by atoms with Crippen molar-refractivity contribution in [3.8, 4) is 17.2 Å². The minimum absolute atomic E-state index is 0.383. The molecule has 22 heavy (non-hydrogen) atoms. The van der Waals surface area contributed by atoms with E-state index in [2.05, 4.69) is 4.98 Å². The second-order valence-corrected chi connectivity index (χ2v) is 5.09. The van der Waals surface area contributed by atoms with Crippen molar-refractivity contribution in [1.82, 2.24) is 9.55 Å². The average molecular weight is 294 g/mol. The summed E-state index contributed by atoms with van der Waals surface area (Å²) in [5, 5.41) is 8.72.